The van der Waals surface area contributed by atoms with Gasteiger partial charge >= 0.3 is 0 Å². The van der Waals surface area contributed by atoms with Gasteiger partial charge in [-0.05, 0) is 49.8 Å². The molecule has 1 aromatic rings. The van der Waals surface area contributed by atoms with Gasteiger partial charge in [0.25, 0.3) is 0 Å². The molecule has 1 aliphatic heterocycles. The largest absolute Gasteiger partial charge is 0.314 e. The van der Waals surface area contributed by atoms with Crippen molar-refractivity contribution in [3.63, 3.8) is 0 Å². The molecule has 1 N–H and O–H groups in total. The first kappa shape index (κ1) is 13.1. The Morgan fingerprint density at radius 2 is 2.00 bits per heavy atom. The Kier molecular flexibility index (Phi) is 4.19. The molecule has 3 rings (SSSR count). The SMILES string of the molecule is CC(CNC1CC1)CN1CCC(c2ccccc2)C1. The van der Waals surface area contributed by atoms with Gasteiger partial charge in [-0.25, -0.2) is 0 Å². The molecule has 0 amide bonds. The van der Waals surface area contributed by atoms with Crippen LogP contribution in [0.3, 0.4) is 0 Å². The van der Waals surface area contributed by atoms with Crippen LogP contribution < -0.4 is 5.32 Å². The van der Waals surface area contributed by atoms with Crippen LogP contribution in [-0.2, 0) is 0 Å². The van der Waals surface area contributed by atoms with E-state index >= 15 is 0 Å². The molecule has 1 saturated carbocycles. The van der Waals surface area contributed by atoms with Crippen LogP contribution in [0.5, 0.6) is 0 Å². The monoisotopic (exact) mass is 258 g/mol. The topological polar surface area (TPSA) is 15.3 Å². The Bertz CT molecular complexity index is 386. The molecule has 0 spiro atoms. The third-order valence-electron chi connectivity index (χ3n) is 4.45. The molecule has 1 aromatic carbocycles. The predicted molar refractivity (Wildman–Crippen MR) is 80.4 cm³/mol. The number of nitrogens with zero attached hydrogens (tertiary/aromatic N) is 1. The number of hydrogen-bond acceptors (Lipinski definition) is 2. The minimum atomic E-state index is 0.754. The number of hydrogen-bond donors (Lipinski definition) is 1. The summed E-state index contributed by atoms with van der Waals surface area (Å²) in [5, 5.41) is 3.65. The molecule has 19 heavy (non-hydrogen) atoms. The lowest BCUT2D eigenvalue weighted by Gasteiger charge is -2.21. The van der Waals surface area contributed by atoms with E-state index in [9.17, 15) is 0 Å². The average Bonchev–Trinajstić information content (AvgIpc) is 3.16. The summed E-state index contributed by atoms with van der Waals surface area (Å²) in [6, 6.07) is 11.9. The molecule has 2 nitrogen and oxygen atoms in total. The zero-order valence-electron chi connectivity index (χ0n) is 12.0. The number of benzene rings is 1. The Balaban J connectivity index is 1.43. The van der Waals surface area contributed by atoms with Crippen molar-refractivity contribution in [1.82, 2.24) is 10.2 Å². The van der Waals surface area contributed by atoms with E-state index in [1.165, 1.54) is 51.0 Å². The van der Waals surface area contributed by atoms with Gasteiger partial charge < -0.3 is 10.2 Å². The first-order valence-corrected chi connectivity index (χ1v) is 7.82. The first-order valence-electron chi connectivity index (χ1n) is 7.82. The standard InChI is InChI=1S/C17H26N2/c1-14(11-18-17-7-8-17)12-19-10-9-16(13-19)15-5-3-2-4-6-15/h2-6,14,16-18H,7-13H2,1H3. The number of likely N-dealkylation sites (tertiary alicyclic amines) is 1. The van der Waals surface area contributed by atoms with E-state index in [0.717, 1.165) is 17.9 Å². The molecular formula is C17H26N2. The smallest absolute Gasteiger partial charge is 0.00683 e. The quantitative estimate of drug-likeness (QED) is 0.844. The second-order valence-corrected chi connectivity index (χ2v) is 6.44. The summed E-state index contributed by atoms with van der Waals surface area (Å²) < 4.78 is 0. The fraction of sp³-hybridized carbons (Fsp3) is 0.647. The van der Waals surface area contributed by atoms with Crippen LogP contribution >= 0.6 is 0 Å². The van der Waals surface area contributed by atoms with E-state index in [0.29, 0.717) is 0 Å². The summed E-state index contributed by atoms with van der Waals surface area (Å²) in [5.74, 6) is 1.53. The van der Waals surface area contributed by atoms with E-state index in [2.05, 4.69) is 47.5 Å². The highest BCUT2D eigenvalue weighted by atomic mass is 15.1. The maximum absolute atomic E-state index is 3.65. The van der Waals surface area contributed by atoms with Gasteiger partial charge in [0.1, 0.15) is 0 Å². The highest BCUT2D eigenvalue weighted by Gasteiger charge is 2.25. The second-order valence-electron chi connectivity index (χ2n) is 6.44. The van der Waals surface area contributed by atoms with Crippen molar-refractivity contribution in [1.29, 1.82) is 0 Å². The van der Waals surface area contributed by atoms with E-state index < -0.39 is 0 Å². The van der Waals surface area contributed by atoms with Crippen molar-refractivity contribution in [2.24, 2.45) is 5.92 Å². The van der Waals surface area contributed by atoms with Gasteiger partial charge in [-0.15, -0.1) is 0 Å². The fourth-order valence-corrected chi connectivity index (χ4v) is 3.16. The summed E-state index contributed by atoms with van der Waals surface area (Å²) in [6.07, 6.45) is 4.12. The van der Waals surface area contributed by atoms with Gasteiger partial charge in [0.2, 0.25) is 0 Å². The van der Waals surface area contributed by atoms with Crippen molar-refractivity contribution < 1.29 is 0 Å². The molecule has 2 fully saturated rings. The third-order valence-corrected chi connectivity index (χ3v) is 4.45. The van der Waals surface area contributed by atoms with Crippen LogP contribution in [0.15, 0.2) is 30.3 Å². The van der Waals surface area contributed by atoms with Gasteiger partial charge in [-0.3, -0.25) is 0 Å². The van der Waals surface area contributed by atoms with Gasteiger partial charge in [0, 0.05) is 19.1 Å². The molecule has 2 unspecified atom stereocenters. The number of rotatable bonds is 6. The molecule has 2 aliphatic rings. The summed E-state index contributed by atoms with van der Waals surface area (Å²) in [6.45, 7) is 7.34. The molecule has 1 saturated heterocycles. The highest BCUT2D eigenvalue weighted by Crippen LogP contribution is 2.27. The van der Waals surface area contributed by atoms with Crippen molar-refractivity contribution >= 4 is 0 Å². The Morgan fingerprint density at radius 3 is 2.74 bits per heavy atom. The molecule has 104 valence electrons. The first-order chi connectivity index (χ1) is 9.31. The lowest BCUT2D eigenvalue weighted by Crippen LogP contribution is -2.32. The molecule has 2 atom stereocenters. The zero-order chi connectivity index (χ0) is 13.1. The van der Waals surface area contributed by atoms with E-state index in [1.54, 1.807) is 0 Å². The maximum Gasteiger partial charge on any atom is 0.00683 e. The van der Waals surface area contributed by atoms with E-state index in [4.69, 9.17) is 0 Å². The van der Waals surface area contributed by atoms with Crippen molar-refractivity contribution in [3.8, 4) is 0 Å². The van der Waals surface area contributed by atoms with Crippen LogP contribution in [0.4, 0.5) is 0 Å². The van der Waals surface area contributed by atoms with E-state index in [-0.39, 0.29) is 0 Å². The Morgan fingerprint density at radius 1 is 1.21 bits per heavy atom. The molecule has 0 aromatic heterocycles. The minimum Gasteiger partial charge on any atom is -0.314 e. The van der Waals surface area contributed by atoms with Crippen LogP contribution in [0.25, 0.3) is 0 Å². The lowest BCUT2D eigenvalue weighted by atomic mass is 9.99. The van der Waals surface area contributed by atoms with Crippen molar-refractivity contribution in [2.75, 3.05) is 26.2 Å². The fourth-order valence-electron chi connectivity index (χ4n) is 3.16. The summed E-state index contributed by atoms with van der Waals surface area (Å²) >= 11 is 0. The van der Waals surface area contributed by atoms with Crippen LogP contribution in [0.2, 0.25) is 0 Å². The second kappa shape index (κ2) is 6.06. The highest BCUT2D eigenvalue weighted by molar-refractivity contribution is 5.20. The molecule has 1 heterocycles. The predicted octanol–water partition coefficient (Wildman–Crippen LogP) is 2.86. The molecule has 0 radical (unpaired) electrons. The normalized spacial score (nSPS) is 25.6. The summed E-state index contributed by atoms with van der Waals surface area (Å²) in [7, 11) is 0. The maximum atomic E-state index is 3.65. The Hall–Kier alpha value is -0.860. The average molecular weight is 258 g/mol. The molecular weight excluding hydrogens is 232 g/mol. The zero-order valence-corrected chi connectivity index (χ0v) is 12.0. The van der Waals surface area contributed by atoms with Crippen LogP contribution in [0, 0.1) is 5.92 Å². The van der Waals surface area contributed by atoms with Crippen molar-refractivity contribution in [2.45, 2.75) is 38.1 Å². The molecule has 0 bridgehead atoms. The summed E-state index contributed by atoms with van der Waals surface area (Å²) in [5.41, 5.74) is 1.52. The van der Waals surface area contributed by atoms with Crippen LogP contribution in [0.1, 0.15) is 37.7 Å². The molecule has 1 aliphatic carbocycles. The van der Waals surface area contributed by atoms with Gasteiger partial charge in [0.15, 0.2) is 0 Å². The number of nitrogens with one attached hydrogen (secondary N) is 1. The lowest BCUT2D eigenvalue weighted by molar-refractivity contribution is 0.279. The van der Waals surface area contributed by atoms with Gasteiger partial charge in [0.05, 0.1) is 0 Å². The third kappa shape index (κ3) is 3.80. The summed E-state index contributed by atoms with van der Waals surface area (Å²) in [4.78, 5) is 2.65. The molecule has 2 heteroatoms. The van der Waals surface area contributed by atoms with Gasteiger partial charge in [-0.1, -0.05) is 37.3 Å². The Labute approximate surface area is 117 Å². The minimum absolute atomic E-state index is 0.754. The van der Waals surface area contributed by atoms with Crippen LogP contribution in [-0.4, -0.2) is 37.1 Å². The van der Waals surface area contributed by atoms with E-state index in [1.807, 2.05) is 0 Å². The van der Waals surface area contributed by atoms with Gasteiger partial charge in [-0.2, -0.15) is 0 Å². The van der Waals surface area contributed by atoms with Crippen molar-refractivity contribution in [3.05, 3.63) is 35.9 Å².